The Balaban J connectivity index is 3.68. The van der Waals surface area contributed by atoms with E-state index in [-0.39, 0.29) is 13.2 Å². The maximum absolute atomic E-state index is 9.40. The topological polar surface area (TPSA) is 80.9 Å². The standard InChI is InChI=1S/C9H20O4/c1-8(12,6-10)4-3-5-9(2,13)7-11/h10-13H,3-7H2,1-2H3. The van der Waals surface area contributed by atoms with Gasteiger partial charge in [0.1, 0.15) is 0 Å². The van der Waals surface area contributed by atoms with Crippen molar-refractivity contribution in [2.45, 2.75) is 44.3 Å². The molecule has 0 aromatic heterocycles. The molecule has 0 aliphatic rings. The molecule has 4 heteroatoms. The normalized spacial score (nSPS) is 20.8. The molecule has 0 fully saturated rings. The maximum Gasteiger partial charge on any atom is 0.0849 e. The van der Waals surface area contributed by atoms with E-state index in [0.717, 1.165) is 0 Å². The van der Waals surface area contributed by atoms with Gasteiger partial charge in [-0.1, -0.05) is 0 Å². The van der Waals surface area contributed by atoms with Crippen LogP contribution in [-0.2, 0) is 0 Å². The summed E-state index contributed by atoms with van der Waals surface area (Å²) < 4.78 is 0. The highest BCUT2D eigenvalue weighted by Gasteiger charge is 2.23. The van der Waals surface area contributed by atoms with Crippen molar-refractivity contribution in [2.24, 2.45) is 0 Å². The second-order valence-corrected chi connectivity index (χ2v) is 4.16. The molecule has 0 aromatic carbocycles. The molecule has 0 bridgehead atoms. The minimum absolute atomic E-state index is 0.283. The zero-order valence-corrected chi connectivity index (χ0v) is 8.32. The molecule has 4 nitrogen and oxygen atoms in total. The van der Waals surface area contributed by atoms with Crippen molar-refractivity contribution >= 4 is 0 Å². The Morgan fingerprint density at radius 3 is 1.38 bits per heavy atom. The number of hydrogen-bond donors (Lipinski definition) is 4. The average Bonchev–Trinajstić information content (AvgIpc) is 2.04. The third-order valence-corrected chi connectivity index (χ3v) is 2.11. The lowest BCUT2D eigenvalue weighted by molar-refractivity contribution is -0.0286. The van der Waals surface area contributed by atoms with Crippen molar-refractivity contribution in [3.63, 3.8) is 0 Å². The molecule has 0 saturated carbocycles. The van der Waals surface area contributed by atoms with E-state index in [9.17, 15) is 10.2 Å². The molecule has 4 N–H and O–H groups in total. The highest BCUT2D eigenvalue weighted by molar-refractivity contribution is 4.75. The largest absolute Gasteiger partial charge is 0.393 e. The predicted octanol–water partition coefficient (Wildman–Crippen LogP) is -0.357. The minimum atomic E-state index is -1.08. The average molecular weight is 192 g/mol. The van der Waals surface area contributed by atoms with E-state index >= 15 is 0 Å². The molecule has 0 heterocycles. The summed E-state index contributed by atoms with van der Waals surface area (Å²) in [5, 5.41) is 36.2. The lowest BCUT2D eigenvalue weighted by Crippen LogP contribution is -2.32. The number of rotatable bonds is 6. The van der Waals surface area contributed by atoms with Gasteiger partial charge in [0, 0.05) is 0 Å². The second kappa shape index (κ2) is 4.91. The van der Waals surface area contributed by atoms with E-state index in [2.05, 4.69) is 0 Å². The molecule has 80 valence electrons. The third-order valence-electron chi connectivity index (χ3n) is 2.11. The van der Waals surface area contributed by atoms with Crippen LogP contribution < -0.4 is 0 Å². The smallest absolute Gasteiger partial charge is 0.0849 e. The Morgan fingerprint density at radius 2 is 1.15 bits per heavy atom. The molecule has 0 rings (SSSR count). The van der Waals surface area contributed by atoms with Crippen LogP contribution in [0, 0.1) is 0 Å². The third kappa shape index (κ3) is 5.99. The summed E-state index contributed by atoms with van der Waals surface area (Å²) in [4.78, 5) is 0. The molecule has 13 heavy (non-hydrogen) atoms. The van der Waals surface area contributed by atoms with Crippen LogP contribution >= 0.6 is 0 Å². The molecule has 2 atom stereocenters. The van der Waals surface area contributed by atoms with Gasteiger partial charge in [-0.05, 0) is 33.1 Å². The Morgan fingerprint density at radius 1 is 0.846 bits per heavy atom. The van der Waals surface area contributed by atoms with Crippen molar-refractivity contribution in [3.05, 3.63) is 0 Å². The number of hydrogen-bond acceptors (Lipinski definition) is 4. The van der Waals surface area contributed by atoms with Crippen molar-refractivity contribution in [1.29, 1.82) is 0 Å². The number of aliphatic hydroxyl groups excluding tert-OH is 2. The lowest BCUT2D eigenvalue weighted by atomic mass is 9.94. The van der Waals surface area contributed by atoms with E-state index in [1.54, 1.807) is 13.8 Å². The second-order valence-electron chi connectivity index (χ2n) is 4.16. The molecule has 0 aromatic rings. The SMILES string of the molecule is CC(O)(CO)CCCC(C)(O)CO. The molecular formula is C9H20O4. The van der Waals surface area contributed by atoms with Crippen LogP contribution in [0.4, 0.5) is 0 Å². The summed E-state index contributed by atoms with van der Waals surface area (Å²) in [6.45, 7) is 2.52. The molecule has 0 amide bonds. The molecular weight excluding hydrogens is 172 g/mol. The fourth-order valence-electron chi connectivity index (χ4n) is 1.01. The van der Waals surface area contributed by atoms with Gasteiger partial charge >= 0.3 is 0 Å². The Labute approximate surface area is 78.8 Å². The highest BCUT2D eigenvalue weighted by Crippen LogP contribution is 2.18. The van der Waals surface area contributed by atoms with Crippen LogP contribution in [0.3, 0.4) is 0 Å². The molecule has 0 saturated heterocycles. The molecule has 2 unspecified atom stereocenters. The molecule has 0 aliphatic carbocycles. The van der Waals surface area contributed by atoms with Gasteiger partial charge in [-0.2, -0.15) is 0 Å². The van der Waals surface area contributed by atoms with E-state index in [4.69, 9.17) is 10.2 Å². The van der Waals surface area contributed by atoms with Crippen molar-refractivity contribution in [3.8, 4) is 0 Å². The van der Waals surface area contributed by atoms with Gasteiger partial charge in [0.2, 0.25) is 0 Å². The van der Waals surface area contributed by atoms with Gasteiger partial charge in [0.15, 0.2) is 0 Å². The van der Waals surface area contributed by atoms with Crippen LogP contribution in [-0.4, -0.2) is 44.8 Å². The van der Waals surface area contributed by atoms with Crippen LogP contribution in [0.25, 0.3) is 0 Å². The molecule has 0 radical (unpaired) electrons. The van der Waals surface area contributed by atoms with Crippen LogP contribution in [0.5, 0.6) is 0 Å². The maximum atomic E-state index is 9.40. The first-order valence-electron chi connectivity index (χ1n) is 4.49. The van der Waals surface area contributed by atoms with E-state index in [0.29, 0.717) is 19.3 Å². The van der Waals surface area contributed by atoms with Gasteiger partial charge in [-0.3, -0.25) is 0 Å². The van der Waals surface area contributed by atoms with Crippen molar-refractivity contribution in [1.82, 2.24) is 0 Å². The van der Waals surface area contributed by atoms with E-state index in [1.807, 2.05) is 0 Å². The first-order chi connectivity index (χ1) is 5.83. The lowest BCUT2D eigenvalue weighted by Gasteiger charge is -2.24. The first-order valence-corrected chi connectivity index (χ1v) is 4.49. The van der Waals surface area contributed by atoms with Gasteiger partial charge in [-0.15, -0.1) is 0 Å². The van der Waals surface area contributed by atoms with Crippen molar-refractivity contribution in [2.75, 3.05) is 13.2 Å². The summed E-state index contributed by atoms with van der Waals surface area (Å²) in [6.07, 6.45) is 1.40. The predicted molar refractivity (Wildman–Crippen MR) is 49.3 cm³/mol. The fraction of sp³-hybridized carbons (Fsp3) is 1.00. The Kier molecular flexibility index (Phi) is 4.85. The summed E-state index contributed by atoms with van der Waals surface area (Å²) >= 11 is 0. The quantitative estimate of drug-likeness (QED) is 0.463. The van der Waals surface area contributed by atoms with Crippen molar-refractivity contribution < 1.29 is 20.4 Å². The summed E-state index contributed by atoms with van der Waals surface area (Å²) in [7, 11) is 0. The van der Waals surface area contributed by atoms with E-state index in [1.165, 1.54) is 0 Å². The summed E-state index contributed by atoms with van der Waals surface area (Å²) in [6, 6.07) is 0. The van der Waals surface area contributed by atoms with E-state index < -0.39 is 11.2 Å². The molecule has 0 spiro atoms. The summed E-state index contributed by atoms with van der Waals surface area (Å²) in [5.41, 5.74) is -2.16. The van der Waals surface area contributed by atoms with Gasteiger partial charge < -0.3 is 20.4 Å². The van der Waals surface area contributed by atoms with Crippen LogP contribution in [0.1, 0.15) is 33.1 Å². The number of aliphatic hydroxyl groups is 4. The first kappa shape index (κ1) is 12.8. The Bertz CT molecular complexity index is 127. The van der Waals surface area contributed by atoms with Gasteiger partial charge in [0.25, 0.3) is 0 Å². The van der Waals surface area contributed by atoms with Crippen LogP contribution in [0.15, 0.2) is 0 Å². The van der Waals surface area contributed by atoms with Gasteiger partial charge in [-0.25, -0.2) is 0 Å². The summed E-state index contributed by atoms with van der Waals surface area (Å²) in [5.74, 6) is 0. The monoisotopic (exact) mass is 192 g/mol. The Hall–Kier alpha value is -0.160. The van der Waals surface area contributed by atoms with Gasteiger partial charge in [0.05, 0.1) is 24.4 Å². The highest BCUT2D eigenvalue weighted by atomic mass is 16.3. The zero-order valence-electron chi connectivity index (χ0n) is 8.32. The fourth-order valence-corrected chi connectivity index (χ4v) is 1.01. The minimum Gasteiger partial charge on any atom is -0.393 e. The zero-order chi connectivity index (χ0) is 10.5. The molecule has 0 aliphatic heterocycles. The van der Waals surface area contributed by atoms with Crippen LogP contribution in [0.2, 0.25) is 0 Å².